The van der Waals surface area contributed by atoms with Crippen LogP contribution in [0.2, 0.25) is 0 Å². The zero-order chi connectivity index (χ0) is 20.8. The van der Waals surface area contributed by atoms with Crippen LogP contribution < -0.4 is 11.1 Å². The van der Waals surface area contributed by atoms with Crippen molar-refractivity contribution in [2.45, 2.75) is 18.4 Å². The molecule has 1 amide bonds. The van der Waals surface area contributed by atoms with E-state index in [2.05, 4.69) is 21.4 Å². The topological polar surface area (TPSA) is 142 Å². The Kier molecular flexibility index (Phi) is 6.12. The number of anilines is 2. The largest absolute Gasteiger partial charge is 0.464 e. The third-order valence-corrected chi connectivity index (χ3v) is 4.91. The van der Waals surface area contributed by atoms with Gasteiger partial charge in [0.2, 0.25) is 5.91 Å². The molecule has 144 valence electrons. The highest BCUT2D eigenvalue weighted by Crippen LogP contribution is 2.35. The van der Waals surface area contributed by atoms with E-state index in [-0.39, 0.29) is 29.3 Å². The van der Waals surface area contributed by atoms with Crippen molar-refractivity contribution in [3.05, 3.63) is 53.4 Å². The highest BCUT2D eigenvalue weighted by molar-refractivity contribution is 7.99. The number of aromatic nitrogens is 2. The van der Waals surface area contributed by atoms with Crippen molar-refractivity contribution < 1.29 is 9.21 Å². The third-order valence-electron chi connectivity index (χ3n) is 3.93. The van der Waals surface area contributed by atoms with Gasteiger partial charge in [0.1, 0.15) is 40.1 Å². The maximum Gasteiger partial charge on any atom is 0.226 e. The molecule has 0 aliphatic carbocycles. The number of nitrogens with one attached hydrogen (secondary N) is 1. The number of amides is 1. The minimum Gasteiger partial charge on any atom is -0.464 e. The predicted octanol–water partition coefficient (Wildman–Crippen LogP) is 3.49. The summed E-state index contributed by atoms with van der Waals surface area (Å²) in [5.41, 5.74) is 7.51. The van der Waals surface area contributed by atoms with Crippen molar-refractivity contribution in [3.63, 3.8) is 0 Å². The Hall–Kier alpha value is -3.82. The summed E-state index contributed by atoms with van der Waals surface area (Å²) in [7, 11) is 0. The van der Waals surface area contributed by atoms with Gasteiger partial charge in [-0.15, -0.1) is 11.8 Å². The molecule has 3 N–H and O–H groups in total. The molecule has 0 saturated heterocycles. The van der Waals surface area contributed by atoms with Gasteiger partial charge in [0, 0.05) is 18.4 Å². The second-order valence-corrected chi connectivity index (χ2v) is 7.08. The average Bonchev–Trinajstić information content (AvgIpc) is 3.23. The molecule has 9 heteroatoms. The maximum absolute atomic E-state index is 12.1. The number of carbonyl (C=O) groups excluding carboxylic acids is 1. The molecular formula is C20H16N6O2S. The Morgan fingerprint density at radius 2 is 2.07 bits per heavy atom. The molecule has 0 spiro atoms. The summed E-state index contributed by atoms with van der Waals surface area (Å²) in [5, 5.41) is 22.1. The molecule has 3 heterocycles. The fourth-order valence-corrected chi connectivity index (χ4v) is 3.49. The first-order valence-corrected chi connectivity index (χ1v) is 9.55. The smallest absolute Gasteiger partial charge is 0.226 e. The van der Waals surface area contributed by atoms with Crippen molar-refractivity contribution in [1.29, 1.82) is 10.5 Å². The molecule has 0 aliphatic rings. The van der Waals surface area contributed by atoms with Gasteiger partial charge < -0.3 is 15.5 Å². The van der Waals surface area contributed by atoms with E-state index in [1.165, 1.54) is 18.0 Å². The van der Waals surface area contributed by atoms with Crippen molar-refractivity contribution in [2.24, 2.45) is 0 Å². The summed E-state index contributed by atoms with van der Waals surface area (Å²) in [4.78, 5) is 20.4. The fraction of sp³-hybridized carbons (Fsp3) is 0.150. The van der Waals surface area contributed by atoms with Crippen LogP contribution in [0.5, 0.6) is 0 Å². The monoisotopic (exact) mass is 404 g/mol. The summed E-state index contributed by atoms with van der Waals surface area (Å²) in [6, 6.07) is 10.9. The molecule has 8 nitrogen and oxygen atoms in total. The fourth-order valence-electron chi connectivity index (χ4n) is 2.56. The van der Waals surface area contributed by atoms with E-state index in [4.69, 9.17) is 10.2 Å². The van der Waals surface area contributed by atoms with Crippen LogP contribution in [0, 0.1) is 29.6 Å². The molecule has 0 fully saturated rings. The number of nitrogens with zero attached hydrogens (tertiary/aromatic N) is 4. The molecule has 0 aliphatic heterocycles. The number of rotatable bonds is 6. The second kappa shape index (κ2) is 8.91. The molecule has 0 unspecified atom stereocenters. The number of carbonyl (C=O) groups is 1. The van der Waals surface area contributed by atoms with Gasteiger partial charge in [0.05, 0.1) is 17.4 Å². The third kappa shape index (κ3) is 4.54. The summed E-state index contributed by atoms with van der Waals surface area (Å²) >= 11 is 1.21. The number of aryl methyl sites for hydroxylation is 1. The average molecular weight is 404 g/mol. The normalized spacial score (nSPS) is 10.2. The lowest BCUT2D eigenvalue weighted by Gasteiger charge is -2.11. The van der Waals surface area contributed by atoms with Gasteiger partial charge in [-0.25, -0.2) is 9.97 Å². The lowest BCUT2D eigenvalue weighted by molar-refractivity contribution is -0.115. The Bertz CT molecular complexity index is 1110. The molecule has 29 heavy (non-hydrogen) atoms. The van der Waals surface area contributed by atoms with Gasteiger partial charge in [-0.3, -0.25) is 4.79 Å². The van der Waals surface area contributed by atoms with Gasteiger partial charge >= 0.3 is 0 Å². The molecule has 0 aromatic carbocycles. The first-order valence-electron chi connectivity index (χ1n) is 8.56. The Balaban J connectivity index is 1.76. The lowest BCUT2D eigenvalue weighted by atomic mass is 10.0. The summed E-state index contributed by atoms with van der Waals surface area (Å²) in [5.74, 6) is 0.998. The molecule has 0 bridgehead atoms. The molecule has 3 rings (SSSR count). The minimum absolute atomic E-state index is 0.00806. The number of nitrogens with two attached hydrogens (primary N) is 1. The summed E-state index contributed by atoms with van der Waals surface area (Å²) in [6.07, 6.45) is 3.30. The minimum atomic E-state index is -0.208. The number of thioether (sulfide) groups is 1. The van der Waals surface area contributed by atoms with E-state index >= 15 is 0 Å². The van der Waals surface area contributed by atoms with Crippen LogP contribution in [0.1, 0.15) is 23.1 Å². The Morgan fingerprint density at radius 3 is 2.69 bits per heavy atom. The second-order valence-electron chi connectivity index (χ2n) is 6.00. The van der Waals surface area contributed by atoms with E-state index in [1.807, 2.05) is 19.1 Å². The number of nitriles is 2. The van der Waals surface area contributed by atoms with Gasteiger partial charge in [0.25, 0.3) is 0 Å². The van der Waals surface area contributed by atoms with Crippen LogP contribution in [0.15, 0.2) is 46.2 Å². The number of pyridine rings is 2. The van der Waals surface area contributed by atoms with Crippen LogP contribution in [0.25, 0.3) is 11.3 Å². The van der Waals surface area contributed by atoms with Crippen molar-refractivity contribution in [1.82, 2.24) is 9.97 Å². The molecular weight excluding hydrogens is 388 g/mol. The summed E-state index contributed by atoms with van der Waals surface area (Å²) < 4.78 is 5.37. The summed E-state index contributed by atoms with van der Waals surface area (Å²) in [6.45, 7) is 1.91. The van der Waals surface area contributed by atoms with Gasteiger partial charge in [-0.05, 0) is 30.7 Å². The van der Waals surface area contributed by atoms with E-state index in [0.717, 1.165) is 5.56 Å². The Morgan fingerprint density at radius 1 is 1.28 bits per heavy atom. The first-order chi connectivity index (χ1) is 14.0. The van der Waals surface area contributed by atoms with Crippen molar-refractivity contribution >= 4 is 29.3 Å². The predicted molar refractivity (Wildman–Crippen MR) is 109 cm³/mol. The van der Waals surface area contributed by atoms with Gasteiger partial charge in [-0.2, -0.15) is 10.5 Å². The van der Waals surface area contributed by atoms with Crippen LogP contribution in [-0.2, 0) is 4.79 Å². The van der Waals surface area contributed by atoms with Crippen LogP contribution in [0.3, 0.4) is 0 Å². The highest BCUT2D eigenvalue weighted by atomic mass is 32.2. The van der Waals surface area contributed by atoms with E-state index < -0.39 is 0 Å². The zero-order valence-electron chi connectivity index (χ0n) is 15.5. The van der Waals surface area contributed by atoms with Crippen molar-refractivity contribution in [2.75, 3.05) is 16.8 Å². The molecule has 0 atom stereocenters. The molecule has 3 aromatic rings. The number of furan rings is 1. The van der Waals surface area contributed by atoms with Crippen LogP contribution in [0.4, 0.5) is 11.6 Å². The first kappa shape index (κ1) is 19.9. The zero-order valence-corrected chi connectivity index (χ0v) is 16.3. The standard InChI is InChI=1S/C20H16N6O2S/c1-12-4-5-16(24-11-12)25-17(27)6-8-29-20-14(10-22)18(15-3-2-7-28-15)13(9-21)19(23)26-20/h2-5,7,11H,6,8H2,1H3,(H2,23,26)(H,24,25,27). The Labute approximate surface area is 171 Å². The molecule has 0 radical (unpaired) electrons. The molecule has 3 aromatic heterocycles. The van der Waals surface area contributed by atoms with E-state index in [0.29, 0.717) is 27.9 Å². The molecule has 0 saturated carbocycles. The van der Waals surface area contributed by atoms with Crippen LogP contribution >= 0.6 is 11.8 Å². The van der Waals surface area contributed by atoms with E-state index in [1.54, 1.807) is 24.4 Å². The van der Waals surface area contributed by atoms with Gasteiger partial charge in [-0.1, -0.05) is 6.07 Å². The quantitative estimate of drug-likeness (QED) is 0.595. The highest BCUT2D eigenvalue weighted by Gasteiger charge is 2.22. The maximum atomic E-state index is 12.1. The van der Waals surface area contributed by atoms with Crippen molar-refractivity contribution in [3.8, 4) is 23.5 Å². The number of hydrogen-bond donors (Lipinski definition) is 2. The van der Waals surface area contributed by atoms with E-state index in [9.17, 15) is 15.3 Å². The van der Waals surface area contributed by atoms with Crippen LogP contribution in [-0.4, -0.2) is 21.6 Å². The lowest BCUT2D eigenvalue weighted by Crippen LogP contribution is -2.13. The SMILES string of the molecule is Cc1ccc(NC(=O)CCSc2nc(N)c(C#N)c(-c3ccco3)c2C#N)nc1. The van der Waals surface area contributed by atoms with Gasteiger partial charge in [0.15, 0.2) is 0 Å². The number of nitrogen functional groups attached to an aromatic ring is 1. The number of hydrogen-bond acceptors (Lipinski definition) is 8.